The molecule has 3 nitrogen and oxygen atoms in total. The van der Waals surface area contributed by atoms with Gasteiger partial charge in [-0.1, -0.05) is 152 Å². The summed E-state index contributed by atoms with van der Waals surface area (Å²) in [5.74, 6) is 1.98. The van der Waals surface area contributed by atoms with Gasteiger partial charge in [-0.15, -0.1) is 11.3 Å². The Morgan fingerprint density at radius 2 is 0.873 bits per heavy atom. The number of aromatic nitrogens is 3. The van der Waals surface area contributed by atoms with E-state index < -0.39 is 0 Å². The number of hydrogen-bond acceptors (Lipinski definition) is 4. The minimum absolute atomic E-state index is 0.652. The maximum atomic E-state index is 5.53. The van der Waals surface area contributed by atoms with E-state index in [1.807, 2.05) is 11.3 Å². The first-order valence-corrected chi connectivity index (χ1v) is 19.4. The molecule has 4 heteroatoms. The lowest BCUT2D eigenvalue weighted by Gasteiger charge is -2.16. The number of nitrogens with zero attached hydrogens (tertiary/aromatic N) is 3. The molecular formula is C51H29N3S. The minimum atomic E-state index is 0.652. The normalized spacial score (nSPS) is 12.0. The summed E-state index contributed by atoms with van der Waals surface area (Å²) in [7, 11) is 0. The van der Waals surface area contributed by atoms with Crippen LogP contribution < -0.4 is 0 Å². The number of rotatable bonds is 3. The predicted octanol–water partition coefficient (Wildman–Crippen LogP) is 14.2. The van der Waals surface area contributed by atoms with Crippen LogP contribution in [0.1, 0.15) is 0 Å². The van der Waals surface area contributed by atoms with Crippen molar-refractivity contribution >= 4 is 96.1 Å². The molecule has 12 aromatic rings. The van der Waals surface area contributed by atoms with E-state index in [1.165, 1.54) is 63.3 Å². The summed E-state index contributed by atoms with van der Waals surface area (Å²) >= 11 is 1.85. The molecule has 10 aromatic carbocycles. The van der Waals surface area contributed by atoms with Crippen LogP contribution in [0.5, 0.6) is 0 Å². The van der Waals surface area contributed by atoms with Crippen molar-refractivity contribution in [3.63, 3.8) is 0 Å². The van der Waals surface area contributed by atoms with Gasteiger partial charge in [-0.05, 0) is 83.5 Å². The molecular weight excluding hydrogens is 687 g/mol. The first kappa shape index (κ1) is 30.5. The largest absolute Gasteiger partial charge is 0.208 e. The second-order valence-corrected chi connectivity index (χ2v) is 15.4. The lowest BCUT2D eigenvalue weighted by Crippen LogP contribution is -2.02. The molecule has 0 saturated heterocycles. The van der Waals surface area contributed by atoms with Crippen LogP contribution >= 0.6 is 11.3 Å². The first-order valence-electron chi connectivity index (χ1n) is 18.6. The third-order valence-electron chi connectivity index (χ3n) is 11.2. The standard InChI is InChI=1S/C51H29N3S/c1-2-14-32-26-35(25-24-30(32)12-1)49-52-50(41-23-11-17-31-13-5-6-18-36(31)41)54-51(53-49)48-46-40-22-10-9-20-38(40)37-19-7-8-21-39(37)42(46)29-45-47(48)43-27-33-15-3-4-16-34(33)28-44(43)55-45/h1-29H. The fourth-order valence-corrected chi connectivity index (χ4v) is 9.90. The molecule has 55 heavy (non-hydrogen) atoms. The summed E-state index contributed by atoms with van der Waals surface area (Å²) in [6, 6.07) is 63.2. The second kappa shape index (κ2) is 11.7. The monoisotopic (exact) mass is 715 g/mol. The van der Waals surface area contributed by atoms with Gasteiger partial charge in [-0.2, -0.15) is 0 Å². The van der Waals surface area contributed by atoms with Gasteiger partial charge in [0.15, 0.2) is 17.5 Å². The fourth-order valence-electron chi connectivity index (χ4n) is 8.71. The number of thiophene rings is 1. The SMILES string of the molecule is c1ccc2cc(-c3nc(-c4cccc5ccccc45)nc(-c4c5c(cc6c7ccccc7c7ccccc7c46)sc4cc6ccccc6cc45)n3)ccc2c1. The van der Waals surface area contributed by atoms with Gasteiger partial charge in [-0.3, -0.25) is 0 Å². The van der Waals surface area contributed by atoms with E-state index in [9.17, 15) is 0 Å². The number of benzene rings is 10. The Hall–Kier alpha value is -7.01. The zero-order valence-corrected chi connectivity index (χ0v) is 30.3. The zero-order chi connectivity index (χ0) is 36.0. The van der Waals surface area contributed by atoms with E-state index in [4.69, 9.17) is 15.0 Å². The lowest BCUT2D eigenvalue weighted by atomic mass is 9.89. The molecule has 0 spiro atoms. The number of fused-ring (bicyclic) bond motifs is 12. The first-order chi connectivity index (χ1) is 27.2. The van der Waals surface area contributed by atoms with E-state index in [2.05, 4.69) is 176 Å². The maximum Gasteiger partial charge on any atom is 0.165 e. The van der Waals surface area contributed by atoms with Gasteiger partial charge < -0.3 is 0 Å². The van der Waals surface area contributed by atoms with Gasteiger partial charge in [0.1, 0.15) is 0 Å². The highest BCUT2D eigenvalue weighted by Crippen LogP contribution is 2.49. The lowest BCUT2D eigenvalue weighted by molar-refractivity contribution is 1.08. The van der Waals surface area contributed by atoms with Crippen LogP contribution in [-0.2, 0) is 0 Å². The van der Waals surface area contributed by atoms with Crippen LogP contribution in [0.4, 0.5) is 0 Å². The van der Waals surface area contributed by atoms with Gasteiger partial charge in [0.05, 0.1) is 0 Å². The molecule has 0 aliphatic rings. The van der Waals surface area contributed by atoms with E-state index in [0.717, 1.165) is 38.2 Å². The van der Waals surface area contributed by atoms with Crippen LogP contribution in [0.15, 0.2) is 176 Å². The van der Waals surface area contributed by atoms with Gasteiger partial charge in [0.2, 0.25) is 0 Å². The molecule has 0 fully saturated rings. The second-order valence-electron chi connectivity index (χ2n) is 14.3. The molecule has 0 aliphatic carbocycles. The minimum Gasteiger partial charge on any atom is -0.208 e. The Kier molecular flexibility index (Phi) is 6.50. The van der Waals surface area contributed by atoms with Crippen molar-refractivity contribution in [2.24, 2.45) is 0 Å². The van der Waals surface area contributed by atoms with E-state index in [1.54, 1.807) is 0 Å². The van der Waals surface area contributed by atoms with E-state index >= 15 is 0 Å². The maximum absolute atomic E-state index is 5.53. The smallest absolute Gasteiger partial charge is 0.165 e. The summed E-state index contributed by atoms with van der Waals surface area (Å²) in [5, 5.41) is 16.7. The predicted molar refractivity (Wildman–Crippen MR) is 234 cm³/mol. The summed E-state index contributed by atoms with van der Waals surface area (Å²) in [6.45, 7) is 0. The van der Waals surface area contributed by atoms with Gasteiger partial charge in [-0.25, -0.2) is 15.0 Å². The summed E-state index contributed by atoms with van der Waals surface area (Å²) in [4.78, 5) is 16.3. The Balaban J connectivity index is 1.29. The topological polar surface area (TPSA) is 38.7 Å². The molecule has 0 saturated carbocycles. The van der Waals surface area contributed by atoms with Crippen molar-refractivity contribution in [3.8, 4) is 34.2 Å². The highest BCUT2D eigenvalue weighted by molar-refractivity contribution is 7.26. The molecule has 0 amide bonds. The molecule has 12 rings (SSSR count). The number of hydrogen-bond donors (Lipinski definition) is 0. The molecule has 0 unspecified atom stereocenters. The van der Waals surface area contributed by atoms with Crippen molar-refractivity contribution in [3.05, 3.63) is 176 Å². The van der Waals surface area contributed by atoms with Crippen molar-refractivity contribution in [2.45, 2.75) is 0 Å². The van der Waals surface area contributed by atoms with Crippen molar-refractivity contribution in [2.75, 3.05) is 0 Å². The Bertz CT molecular complexity index is 3560. The average molecular weight is 716 g/mol. The third-order valence-corrected chi connectivity index (χ3v) is 12.3. The Morgan fingerprint density at radius 3 is 1.65 bits per heavy atom. The van der Waals surface area contributed by atoms with E-state index in [-0.39, 0.29) is 0 Å². The van der Waals surface area contributed by atoms with Crippen LogP contribution in [0.2, 0.25) is 0 Å². The Morgan fingerprint density at radius 1 is 0.309 bits per heavy atom. The molecule has 254 valence electrons. The summed E-state index contributed by atoms with van der Waals surface area (Å²) in [6.07, 6.45) is 0. The molecule has 2 heterocycles. The summed E-state index contributed by atoms with van der Waals surface area (Å²) in [5.41, 5.74) is 2.98. The third kappa shape index (κ3) is 4.65. The van der Waals surface area contributed by atoms with Crippen LogP contribution in [0.25, 0.3) is 119 Å². The Labute approximate surface area is 319 Å². The van der Waals surface area contributed by atoms with Crippen LogP contribution in [-0.4, -0.2) is 15.0 Å². The highest BCUT2D eigenvalue weighted by atomic mass is 32.1. The molecule has 0 bridgehead atoms. The molecule has 0 atom stereocenters. The highest BCUT2D eigenvalue weighted by Gasteiger charge is 2.24. The average Bonchev–Trinajstić information content (AvgIpc) is 3.61. The van der Waals surface area contributed by atoms with Crippen LogP contribution in [0, 0.1) is 0 Å². The molecule has 0 radical (unpaired) electrons. The van der Waals surface area contributed by atoms with Gasteiger partial charge in [0, 0.05) is 42.2 Å². The summed E-state index contributed by atoms with van der Waals surface area (Å²) < 4.78 is 2.46. The van der Waals surface area contributed by atoms with Gasteiger partial charge >= 0.3 is 0 Å². The quantitative estimate of drug-likeness (QED) is 0.171. The van der Waals surface area contributed by atoms with Crippen LogP contribution in [0.3, 0.4) is 0 Å². The van der Waals surface area contributed by atoms with Crippen molar-refractivity contribution in [1.29, 1.82) is 0 Å². The molecule has 0 N–H and O–H groups in total. The van der Waals surface area contributed by atoms with Crippen molar-refractivity contribution < 1.29 is 0 Å². The van der Waals surface area contributed by atoms with Crippen molar-refractivity contribution in [1.82, 2.24) is 15.0 Å². The fraction of sp³-hybridized carbons (Fsp3) is 0. The zero-order valence-electron chi connectivity index (χ0n) is 29.5. The van der Waals surface area contributed by atoms with Gasteiger partial charge in [0.25, 0.3) is 0 Å². The molecule has 2 aromatic heterocycles. The van der Waals surface area contributed by atoms with E-state index in [0.29, 0.717) is 17.5 Å². The molecule has 0 aliphatic heterocycles.